The molecule has 0 aromatic heterocycles. The Bertz CT molecular complexity index is 497. The zero-order chi connectivity index (χ0) is 13.7. The summed E-state index contributed by atoms with van der Waals surface area (Å²) in [6.07, 6.45) is 1.78. The molecule has 0 unspecified atom stereocenters. The first-order valence-corrected chi connectivity index (χ1v) is 4.59. The fourth-order valence-electron chi connectivity index (χ4n) is 1.22. The summed E-state index contributed by atoms with van der Waals surface area (Å²) in [5.41, 5.74) is -0.516. The van der Waals surface area contributed by atoms with E-state index < -0.39 is 29.7 Å². The van der Waals surface area contributed by atoms with E-state index in [-0.39, 0.29) is 11.8 Å². The fraction of sp³-hybridized carbons (Fsp3) is 0.0909. The minimum absolute atomic E-state index is 0.0375. The molecule has 1 aromatic carbocycles. The Labute approximate surface area is 99.3 Å². The van der Waals surface area contributed by atoms with Crippen molar-refractivity contribution in [1.29, 1.82) is 0 Å². The highest BCUT2D eigenvalue weighted by molar-refractivity contribution is 5.90. The van der Waals surface area contributed by atoms with Gasteiger partial charge in [0.05, 0.1) is 5.56 Å². The summed E-state index contributed by atoms with van der Waals surface area (Å²) in [5.74, 6) is -3.34. The maximum absolute atomic E-state index is 13.2. The molecule has 0 saturated heterocycles. The van der Waals surface area contributed by atoms with E-state index in [1.165, 1.54) is 0 Å². The first-order valence-electron chi connectivity index (χ1n) is 4.59. The lowest BCUT2D eigenvalue weighted by molar-refractivity contribution is -0.131. The van der Waals surface area contributed by atoms with Gasteiger partial charge < -0.3 is 9.84 Å². The van der Waals surface area contributed by atoms with E-state index in [1.807, 2.05) is 0 Å². The zero-order valence-electron chi connectivity index (χ0n) is 8.77. The van der Waals surface area contributed by atoms with Crippen LogP contribution in [0.3, 0.4) is 0 Å². The van der Waals surface area contributed by atoms with E-state index in [0.717, 1.165) is 18.2 Å². The highest BCUT2D eigenvalue weighted by atomic mass is 19.3. The number of halogens is 3. The molecule has 1 rings (SSSR count). The summed E-state index contributed by atoms with van der Waals surface area (Å²) >= 11 is 0. The molecule has 0 fully saturated rings. The van der Waals surface area contributed by atoms with Crippen LogP contribution < -0.4 is 4.74 Å². The molecule has 0 saturated carbocycles. The Morgan fingerprint density at radius 2 is 2.06 bits per heavy atom. The van der Waals surface area contributed by atoms with Crippen LogP contribution in [0.2, 0.25) is 0 Å². The van der Waals surface area contributed by atoms with Crippen molar-refractivity contribution in [3.63, 3.8) is 0 Å². The molecule has 0 aliphatic rings. The van der Waals surface area contributed by atoms with Crippen LogP contribution in [0, 0.1) is 5.82 Å². The number of carboxylic acids is 1. The third-order valence-electron chi connectivity index (χ3n) is 1.91. The number of hydrogen-bond acceptors (Lipinski definition) is 3. The van der Waals surface area contributed by atoms with Gasteiger partial charge in [-0.15, -0.1) is 0 Å². The second kappa shape index (κ2) is 5.85. The van der Waals surface area contributed by atoms with Crippen molar-refractivity contribution >= 4 is 18.3 Å². The van der Waals surface area contributed by atoms with Crippen molar-refractivity contribution in [2.75, 3.05) is 0 Å². The van der Waals surface area contributed by atoms with Crippen LogP contribution >= 0.6 is 0 Å². The van der Waals surface area contributed by atoms with Gasteiger partial charge in [-0.25, -0.2) is 9.18 Å². The predicted molar refractivity (Wildman–Crippen MR) is 55.1 cm³/mol. The molecule has 0 atom stereocenters. The molecule has 96 valence electrons. The van der Waals surface area contributed by atoms with Crippen molar-refractivity contribution in [2.24, 2.45) is 0 Å². The number of hydrogen-bond donors (Lipinski definition) is 1. The molecule has 0 amide bonds. The Hall–Kier alpha value is -2.31. The van der Waals surface area contributed by atoms with Gasteiger partial charge in [-0.05, 0) is 17.7 Å². The molecule has 0 radical (unpaired) electrons. The summed E-state index contributed by atoms with van der Waals surface area (Å²) in [7, 11) is 0. The summed E-state index contributed by atoms with van der Waals surface area (Å²) in [6, 6.07) is 1.88. The SMILES string of the molecule is O=Cc1c(/C=C/C(=O)O)ccc(F)c1OC(F)F. The maximum atomic E-state index is 13.2. The topological polar surface area (TPSA) is 63.6 Å². The van der Waals surface area contributed by atoms with Crippen molar-refractivity contribution in [3.8, 4) is 5.75 Å². The monoisotopic (exact) mass is 260 g/mol. The molecule has 0 bridgehead atoms. The van der Waals surface area contributed by atoms with Crippen molar-refractivity contribution < 1.29 is 32.6 Å². The van der Waals surface area contributed by atoms with E-state index in [1.54, 1.807) is 0 Å². The summed E-state index contributed by atoms with van der Waals surface area (Å²) < 4.78 is 41.2. The lowest BCUT2D eigenvalue weighted by Gasteiger charge is -2.10. The van der Waals surface area contributed by atoms with Crippen LogP contribution in [0.1, 0.15) is 15.9 Å². The molecular weight excluding hydrogens is 253 g/mol. The van der Waals surface area contributed by atoms with Crippen molar-refractivity contribution in [2.45, 2.75) is 6.61 Å². The fourth-order valence-corrected chi connectivity index (χ4v) is 1.22. The van der Waals surface area contributed by atoms with E-state index >= 15 is 0 Å². The van der Waals surface area contributed by atoms with Crippen molar-refractivity contribution in [1.82, 2.24) is 0 Å². The van der Waals surface area contributed by atoms with Gasteiger partial charge in [0.25, 0.3) is 0 Å². The van der Waals surface area contributed by atoms with Crippen LogP contribution in [0.4, 0.5) is 13.2 Å². The van der Waals surface area contributed by atoms with E-state index in [2.05, 4.69) is 4.74 Å². The smallest absolute Gasteiger partial charge is 0.387 e. The second-order valence-electron chi connectivity index (χ2n) is 3.05. The van der Waals surface area contributed by atoms with Gasteiger partial charge in [0.2, 0.25) is 0 Å². The standard InChI is InChI=1S/C11H7F3O4/c12-8-3-1-6(2-4-9(16)17)7(5-15)10(8)18-11(13)14/h1-5,11H,(H,16,17)/b4-2+. The summed E-state index contributed by atoms with van der Waals surface area (Å²) in [4.78, 5) is 21.1. The van der Waals surface area contributed by atoms with Gasteiger partial charge in [-0.3, -0.25) is 4.79 Å². The minimum Gasteiger partial charge on any atom is -0.478 e. The average molecular weight is 260 g/mol. The number of rotatable bonds is 5. The number of aldehydes is 1. The number of aliphatic carboxylic acids is 1. The third-order valence-corrected chi connectivity index (χ3v) is 1.91. The van der Waals surface area contributed by atoms with Crippen LogP contribution in [-0.2, 0) is 4.79 Å². The molecule has 0 spiro atoms. The Balaban J connectivity index is 3.28. The predicted octanol–water partition coefficient (Wildman–Crippen LogP) is 2.34. The van der Waals surface area contributed by atoms with Crippen molar-refractivity contribution in [3.05, 3.63) is 35.2 Å². The van der Waals surface area contributed by atoms with Crippen LogP contribution in [0.15, 0.2) is 18.2 Å². The average Bonchev–Trinajstić information content (AvgIpc) is 2.29. The third kappa shape index (κ3) is 3.34. The Morgan fingerprint density at radius 1 is 1.39 bits per heavy atom. The Kier molecular flexibility index (Phi) is 4.47. The maximum Gasteiger partial charge on any atom is 0.387 e. The summed E-state index contributed by atoms with van der Waals surface area (Å²) in [5, 5.41) is 8.41. The van der Waals surface area contributed by atoms with E-state index in [0.29, 0.717) is 6.08 Å². The number of carbonyl (C=O) groups is 2. The molecular formula is C11H7F3O4. The minimum atomic E-state index is -3.29. The quantitative estimate of drug-likeness (QED) is 0.652. The number of alkyl halides is 2. The highest BCUT2D eigenvalue weighted by Gasteiger charge is 2.17. The number of ether oxygens (including phenoxy) is 1. The highest BCUT2D eigenvalue weighted by Crippen LogP contribution is 2.27. The Morgan fingerprint density at radius 3 is 2.56 bits per heavy atom. The molecule has 0 aliphatic carbocycles. The molecule has 4 nitrogen and oxygen atoms in total. The normalized spacial score (nSPS) is 10.9. The van der Waals surface area contributed by atoms with E-state index in [9.17, 15) is 22.8 Å². The van der Waals surface area contributed by atoms with Gasteiger partial charge >= 0.3 is 12.6 Å². The molecule has 7 heteroatoms. The van der Waals surface area contributed by atoms with Crippen LogP contribution in [0.5, 0.6) is 5.75 Å². The zero-order valence-corrected chi connectivity index (χ0v) is 8.77. The molecule has 1 N–H and O–H groups in total. The molecule has 0 heterocycles. The second-order valence-corrected chi connectivity index (χ2v) is 3.05. The summed E-state index contributed by atoms with van der Waals surface area (Å²) in [6.45, 7) is -3.29. The van der Waals surface area contributed by atoms with Gasteiger partial charge in [-0.2, -0.15) is 8.78 Å². The van der Waals surface area contributed by atoms with Crippen LogP contribution in [0.25, 0.3) is 6.08 Å². The first kappa shape index (κ1) is 13.8. The first-order chi connectivity index (χ1) is 8.45. The lowest BCUT2D eigenvalue weighted by Crippen LogP contribution is -2.07. The van der Waals surface area contributed by atoms with Gasteiger partial charge in [0.1, 0.15) is 0 Å². The van der Waals surface area contributed by atoms with Gasteiger partial charge in [0, 0.05) is 6.08 Å². The van der Waals surface area contributed by atoms with E-state index in [4.69, 9.17) is 5.11 Å². The van der Waals surface area contributed by atoms with Gasteiger partial charge in [-0.1, -0.05) is 6.07 Å². The number of carboxylic acid groups (broad SMARTS) is 1. The lowest BCUT2D eigenvalue weighted by atomic mass is 10.1. The molecule has 1 aromatic rings. The van der Waals surface area contributed by atoms with Crippen LogP contribution in [-0.4, -0.2) is 24.0 Å². The molecule has 18 heavy (non-hydrogen) atoms. The largest absolute Gasteiger partial charge is 0.478 e. The number of benzene rings is 1. The van der Waals surface area contributed by atoms with Gasteiger partial charge in [0.15, 0.2) is 17.9 Å². The molecule has 0 aliphatic heterocycles. The number of carbonyl (C=O) groups excluding carboxylic acids is 1.